The van der Waals surface area contributed by atoms with E-state index in [2.05, 4.69) is 5.32 Å². The summed E-state index contributed by atoms with van der Waals surface area (Å²) in [5.41, 5.74) is 2.52. The fourth-order valence-corrected chi connectivity index (χ4v) is 4.99. The van der Waals surface area contributed by atoms with Crippen LogP contribution in [0.3, 0.4) is 0 Å². The van der Waals surface area contributed by atoms with Gasteiger partial charge in [-0.15, -0.1) is 22.7 Å². The maximum absolute atomic E-state index is 13.1. The number of carbonyl (C=O) groups excluding carboxylic acids is 1. The van der Waals surface area contributed by atoms with Gasteiger partial charge in [-0.25, -0.2) is 4.79 Å². The maximum atomic E-state index is 13.1. The van der Waals surface area contributed by atoms with Crippen LogP contribution in [0.5, 0.6) is 0 Å². The Kier molecular flexibility index (Phi) is 5.69. The molecule has 4 aromatic rings. The van der Waals surface area contributed by atoms with E-state index in [1.807, 2.05) is 49.6 Å². The highest BCUT2D eigenvalue weighted by molar-refractivity contribution is 7.17. The van der Waals surface area contributed by atoms with Gasteiger partial charge in [-0.3, -0.25) is 18.7 Å². The molecule has 0 spiro atoms. The van der Waals surface area contributed by atoms with Gasteiger partial charge >= 0.3 is 5.69 Å². The minimum Gasteiger partial charge on any atom is -0.324 e. The highest BCUT2D eigenvalue weighted by Gasteiger charge is 2.17. The average Bonchev–Trinajstić information content (AvgIpc) is 3.39. The molecule has 0 saturated heterocycles. The fourth-order valence-electron chi connectivity index (χ4n) is 3.45. The molecule has 0 bridgehead atoms. The molecular formula is C22H21N3O3S2. The molecule has 1 amide bonds. The number of thiophene rings is 2. The third-order valence-corrected chi connectivity index (χ3v) is 6.78. The van der Waals surface area contributed by atoms with E-state index >= 15 is 0 Å². The molecule has 1 aromatic carbocycles. The van der Waals surface area contributed by atoms with Crippen LogP contribution in [0.15, 0.2) is 56.7 Å². The lowest BCUT2D eigenvalue weighted by molar-refractivity contribution is -0.116. The van der Waals surface area contributed by atoms with Gasteiger partial charge in [0, 0.05) is 17.1 Å². The lowest BCUT2D eigenvalue weighted by Crippen LogP contribution is -2.41. The van der Waals surface area contributed by atoms with E-state index in [9.17, 15) is 14.4 Å². The smallest absolute Gasteiger partial charge is 0.324 e. The zero-order valence-corrected chi connectivity index (χ0v) is 18.3. The molecule has 8 heteroatoms. The number of aromatic nitrogens is 2. The molecule has 6 nitrogen and oxygen atoms in total. The number of anilines is 1. The Morgan fingerprint density at radius 3 is 2.60 bits per heavy atom. The third kappa shape index (κ3) is 4.01. The van der Waals surface area contributed by atoms with Crippen LogP contribution in [-0.2, 0) is 24.3 Å². The van der Waals surface area contributed by atoms with Crippen LogP contribution in [0, 0.1) is 13.8 Å². The molecule has 30 heavy (non-hydrogen) atoms. The number of amides is 1. The maximum Gasteiger partial charge on any atom is 0.332 e. The monoisotopic (exact) mass is 439 g/mol. The first kappa shape index (κ1) is 20.3. The van der Waals surface area contributed by atoms with Gasteiger partial charge in [0.25, 0.3) is 5.56 Å². The van der Waals surface area contributed by atoms with E-state index in [4.69, 9.17) is 0 Å². The Hall–Kier alpha value is -2.97. The summed E-state index contributed by atoms with van der Waals surface area (Å²) in [5.74, 6) is -0.306. The summed E-state index contributed by atoms with van der Waals surface area (Å²) in [7, 11) is 0. The Balaban J connectivity index is 1.66. The molecule has 0 aliphatic carbocycles. The van der Waals surface area contributed by atoms with Crippen molar-refractivity contribution in [2.75, 3.05) is 5.32 Å². The molecule has 3 heterocycles. The number of benzene rings is 1. The first-order chi connectivity index (χ1) is 14.4. The van der Waals surface area contributed by atoms with Crippen molar-refractivity contribution in [1.82, 2.24) is 9.13 Å². The Labute approximate surface area is 181 Å². The van der Waals surface area contributed by atoms with Gasteiger partial charge in [-0.1, -0.05) is 23.8 Å². The van der Waals surface area contributed by atoms with Crippen molar-refractivity contribution in [3.63, 3.8) is 0 Å². The number of aryl methyl sites for hydroxylation is 3. The quantitative estimate of drug-likeness (QED) is 0.497. The normalized spacial score (nSPS) is 11.1. The van der Waals surface area contributed by atoms with Gasteiger partial charge in [0.05, 0.1) is 5.52 Å². The van der Waals surface area contributed by atoms with Crippen molar-refractivity contribution in [1.29, 1.82) is 0 Å². The Morgan fingerprint density at radius 2 is 1.87 bits per heavy atom. The number of hydrogen-bond acceptors (Lipinski definition) is 5. The molecule has 4 rings (SSSR count). The molecule has 154 valence electrons. The van der Waals surface area contributed by atoms with E-state index in [-0.39, 0.29) is 24.6 Å². The lowest BCUT2D eigenvalue weighted by Gasteiger charge is -2.13. The van der Waals surface area contributed by atoms with Crippen molar-refractivity contribution in [2.45, 2.75) is 33.4 Å². The van der Waals surface area contributed by atoms with Crippen molar-refractivity contribution >= 4 is 44.5 Å². The predicted molar refractivity (Wildman–Crippen MR) is 123 cm³/mol. The molecule has 0 aliphatic rings. The molecule has 3 aromatic heterocycles. The number of carbonyl (C=O) groups is 1. The molecule has 0 aliphatic heterocycles. The molecule has 1 N–H and O–H groups in total. The summed E-state index contributed by atoms with van der Waals surface area (Å²) < 4.78 is 3.11. The topological polar surface area (TPSA) is 73.1 Å². The standard InChI is InChI=1S/C22H21N3O3S2/c1-14-5-6-17(15(2)12-14)23-19(26)13-25-18-8-11-30-20(18)21(27)24(22(25)28)9-7-16-4-3-10-29-16/h3-6,8,10-12H,7,9,13H2,1-2H3,(H,23,26). The van der Waals surface area contributed by atoms with E-state index in [0.29, 0.717) is 22.3 Å². The van der Waals surface area contributed by atoms with Crippen LogP contribution >= 0.6 is 22.7 Å². The summed E-state index contributed by atoms with van der Waals surface area (Å²) >= 11 is 2.88. The number of fused-ring (bicyclic) bond motifs is 1. The second-order valence-corrected chi connectivity index (χ2v) is 9.10. The molecule has 0 atom stereocenters. The van der Waals surface area contributed by atoms with E-state index in [0.717, 1.165) is 16.0 Å². The van der Waals surface area contributed by atoms with E-state index in [1.54, 1.807) is 22.8 Å². The highest BCUT2D eigenvalue weighted by atomic mass is 32.1. The number of rotatable bonds is 6. The Morgan fingerprint density at radius 1 is 1.03 bits per heavy atom. The minimum atomic E-state index is -0.460. The molecule has 0 fully saturated rings. The molecule has 0 saturated carbocycles. The van der Waals surface area contributed by atoms with Crippen molar-refractivity contribution < 1.29 is 4.79 Å². The van der Waals surface area contributed by atoms with Crippen LogP contribution in [0.1, 0.15) is 16.0 Å². The van der Waals surface area contributed by atoms with Crippen molar-refractivity contribution in [3.8, 4) is 0 Å². The SMILES string of the molecule is Cc1ccc(NC(=O)Cn2c(=O)n(CCc3cccs3)c(=O)c3sccc32)c(C)c1. The number of nitrogens with one attached hydrogen (secondary N) is 1. The first-order valence-electron chi connectivity index (χ1n) is 9.54. The average molecular weight is 440 g/mol. The van der Waals surface area contributed by atoms with Gasteiger partial charge in [0.15, 0.2) is 0 Å². The zero-order valence-electron chi connectivity index (χ0n) is 16.7. The fraction of sp³-hybridized carbons (Fsp3) is 0.227. The minimum absolute atomic E-state index is 0.154. The highest BCUT2D eigenvalue weighted by Crippen LogP contribution is 2.18. The van der Waals surface area contributed by atoms with Gasteiger partial charge in [0.1, 0.15) is 11.2 Å². The van der Waals surface area contributed by atoms with Gasteiger partial charge in [0.2, 0.25) is 5.91 Å². The third-order valence-electron chi connectivity index (χ3n) is 4.96. The lowest BCUT2D eigenvalue weighted by atomic mass is 10.1. The molecule has 0 unspecified atom stereocenters. The summed E-state index contributed by atoms with van der Waals surface area (Å²) in [6, 6.07) is 11.4. The van der Waals surface area contributed by atoms with E-state index < -0.39 is 5.69 Å². The van der Waals surface area contributed by atoms with Crippen molar-refractivity contribution in [3.05, 3.63) is 84.0 Å². The molecule has 0 radical (unpaired) electrons. The van der Waals surface area contributed by atoms with Gasteiger partial charge in [-0.05, 0) is 54.8 Å². The largest absolute Gasteiger partial charge is 0.332 e. The summed E-state index contributed by atoms with van der Waals surface area (Å²) in [5, 5.41) is 6.62. The zero-order chi connectivity index (χ0) is 21.3. The molecular weight excluding hydrogens is 418 g/mol. The summed E-state index contributed by atoms with van der Waals surface area (Å²) in [6.45, 7) is 4.05. The van der Waals surface area contributed by atoms with Crippen LogP contribution in [-0.4, -0.2) is 15.0 Å². The number of hydrogen-bond donors (Lipinski definition) is 1. The summed E-state index contributed by atoms with van der Waals surface area (Å²) in [4.78, 5) is 39.8. The second-order valence-electron chi connectivity index (χ2n) is 7.16. The Bertz CT molecular complexity index is 1330. The van der Waals surface area contributed by atoms with E-state index in [1.165, 1.54) is 20.5 Å². The van der Waals surface area contributed by atoms with Crippen LogP contribution in [0.2, 0.25) is 0 Å². The van der Waals surface area contributed by atoms with Crippen LogP contribution in [0.4, 0.5) is 5.69 Å². The number of nitrogens with zero attached hydrogens (tertiary/aromatic N) is 2. The first-order valence-corrected chi connectivity index (χ1v) is 11.3. The van der Waals surface area contributed by atoms with Crippen LogP contribution in [0.25, 0.3) is 10.2 Å². The van der Waals surface area contributed by atoms with Gasteiger partial charge < -0.3 is 5.32 Å². The predicted octanol–water partition coefficient (Wildman–Crippen LogP) is 3.78. The van der Waals surface area contributed by atoms with Crippen molar-refractivity contribution in [2.24, 2.45) is 0 Å². The summed E-state index contributed by atoms with van der Waals surface area (Å²) in [6.07, 6.45) is 0.596. The second kappa shape index (κ2) is 8.41. The van der Waals surface area contributed by atoms with Gasteiger partial charge in [-0.2, -0.15) is 0 Å². The van der Waals surface area contributed by atoms with Crippen LogP contribution < -0.4 is 16.6 Å².